The molecule has 3 N–H and O–H groups in total. The van der Waals surface area contributed by atoms with Crippen molar-refractivity contribution in [2.45, 2.75) is 17.2 Å². The summed E-state index contributed by atoms with van der Waals surface area (Å²) >= 11 is 0. The number of nitrogens with zero attached hydrogens (tertiary/aromatic N) is 1. The molecule has 7 heteroatoms. The molecule has 1 aliphatic carbocycles. The van der Waals surface area contributed by atoms with Gasteiger partial charge in [-0.1, -0.05) is 12.1 Å². The summed E-state index contributed by atoms with van der Waals surface area (Å²) in [5.74, 6) is -0.225. The van der Waals surface area contributed by atoms with Gasteiger partial charge in [0.15, 0.2) is 0 Å². The smallest absolute Gasteiger partial charge is 0.243 e. The molecule has 1 aromatic rings. The number of rotatable bonds is 4. The van der Waals surface area contributed by atoms with Crippen molar-refractivity contribution >= 4 is 15.9 Å². The molecule has 1 saturated carbocycles. The molecule has 0 bridgehead atoms. The van der Waals surface area contributed by atoms with Gasteiger partial charge in [-0.15, -0.1) is 0 Å². The zero-order valence-electron chi connectivity index (χ0n) is 11.7. The molecular formula is C14H19N3O3S. The van der Waals surface area contributed by atoms with Gasteiger partial charge < -0.3 is 11.1 Å². The van der Waals surface area contributed by atoms with Crippen molar-refractivity contribution in [2.24, 2.45) is 11.7 Å². The highest BCUT2D eigenvalue weighted by atomic mass is 32.2. The molecule has 1 saturated heterocycles. The highest BCUT2D eigenvalue weighted by molar-refractivity contribution is 7.89. The molecule has 2 unspecified atom stereocenters. The summed E-state index contributed by atoms with van der Waals surface area (Å²) in [6.07, 6.45) is 0.763. The lowest BCUT2D eigenvalue weighted by Gasteiger charge is -2.26. The Kier molecular flexibility index (Phi) is 3.73. The van der Waals surface area contributed by atoms with E-state index in [1.165, 1.54) is 4.31 Å². The summed E-state index contributed by atoms with van der Waals surface area (Å²) in [7, 11) is -3.41. The van der Waals surface area contributed by atoms with E-state index in [-0.39, 0.29) is 17.7 Å². The number of carbonyl (C=O) groups excluding carboxylic acids is 1. The zero-order valence-corrected chi connectivity index (χ0v) is 12.5. The van der Waals surface area contributed by atoms with Gasteiger partial charge in [0.2, 0.25) is 15.9 Å². The maximum atomic E-state index is 12.5. The van der Waals surface area contributed by atoms with Crippen molar-refractivity contribution in [3.05, 3.63) is 29.8 Å². The first-order chi connectivity index (χ1) is 10.00. The fourth-order valence-corrected chi connectivity index (χ4v) is 4.24. The predicted molar refractivity (Wildman–Crippen MR) is 78.1 cm³/mol. The summed E-state index contributed by atoms with van der Waals surface area (Å²) in [6.45, 7) is 2.35. The number of piperazine rings is 1. The van der Waals surface area contributed by atoms with E-state index in [1.54, 1.807) is 24.3 Å². The molecular weight excluding hydrogens is 290 g/mol. The van der Waals surface area contributed by atoms with Crippen LogP contribution in [0.2, 0.25) is 0 Å². The maximum absolute atomic E-state index is 12.5. The van der Waals surface area contributed by atoms with Crippen LogP contribution in [0, 0.1) is 5.92 Å². The minimum atomic E-state index is -3.41. The predicted octanol–water partition coefficient (Wildman–Crippen LogP) is -0.131. The Bertz CT molecular complexity index is 636. The van der Waals surface area contributed by atoms with Crippen LogP contribution >= 0.6 is 0 Å². The second-order valence-corrected chi connectivity index (χ2v) is 7.51. The largest absolute Gasteiger partial charge is 0.369 e. The average molecular weight is 309 g/mol. The average Bonchev–Trinajstić information content (AvgIpc) is 3.29. The van der Waals surface area contributed by atoms with E-state index in [2.05, 4.69) is 5.32 Å². The number of benzene rings is 1. The van der Waals surface area contributed by atoms with Gasteiger partial charge in [-0.05, 0) is 30.0 Å². The maximum Gasteiger partial charge on any atom is 0.243 e. The number of hydrogen-bond donors (Lipinski definition) is 2. The van der Waals surface area contributed by atoms with E-state index >= 15 is 0 Å². The number of nitrogens with one attached hydrogen (secondary N) is 1. The lowest BCUT2D eigenvalue weighted by atomic mass is 10.1. The number of carbonyl (C=O) groups is 1. The molecule has 1 aromatic carbocycles. The van der Waals surface area contributed by atoms with Gasteiger partial charge in [0.25, 0.3) is 0 Å². The molecule has 1 aliphatic heterocycles. The molecule has 2 atom stereocenters. The Morgan fingerprint density at radius 3 is 2.33 bits per heavy atom. The van der Waals surface area contributed by atoms with Crippen molar-refractivity contribution in [2.75, 3.05) is 26.2 Å². The van der Waals surface area contributed by atoms with E-state index < -0.39 is 10.0 Å². The van der Waals surface area contributed by atoms with Crippen molar-refractivity contribution in [3.63, 3.8) is 0 Å². The number of amides is 1. The van der Waals surface area contributed by atoms with Crippen LogP contribution in [-0.4, -0.2) is 44.8 Å². The molecule has 0 aromatic heterocycles. The summed E-state index contributed by atoms with van der Waals surface area (Å²) in [5, 5.41) is 3.14. The Morgan fingerprint density at radius 2 is 1.81 bits per heavy atom. The summed E-state index contributed by atoms with van der Waals surface area (Å²) < 4.78 is 26.5. The van der Waals surface area contributed by atoms with E-state index in [0.29, 0.717) is 31.1 Å². The first kappa shape index (κ1) is 14.5. The molecule has 21 heavy (non-hydrogen) atoms. The zero-order chi connectivity index (χ0) is 15.0. The van der Waals surface area contributed by atoms with Crippen LogP contribution in [0.1, 0.15) is 17.9 Å². The van der Waals surface area contributed by atoms with Crippen LogP contribution in [0.15, 0.2) is 29.2 Å². The van der Waals surface area contributed by atoms with E-state index in [9.17, 15) is 13.2 Å². The van der Waals surface area contributed by atoms with Crippen LogP contribution in [0.5, 0.6) is 0 Å². The number of hydrogen-bond acceptors (Lipinski definition) is 4. The summed E-state index contributed by atoms with van der Waals surface area (Å²) in [5.41, 5.74) is 6.26. The number of sulfonamides is 1. The van der Waals surface area contributed by atoms with Crippen molar-refractivity contribution in [3.8, 4) is 0 Å². The topological polar surface area (TPSA) is 92.5 Å². The van der Waals surface area contributed by atoms with Crippen molar-refractivity contribution in [1.29, 1.82) is 0 Å². The number of nitrogens with two attached hydrogens (primary N) is 1. The van der Waals surface area contributed by atoms with Gasteiger partial charge in [-0.3, -0.25) is 4.79 Å². The summed E-state index contributed by atoms with van der Waals surface area (Å²) in [4.78, 5) is 11.4. The Hall–Kier alpha value is -1.44. The molecule has 1 amide bonds. The van der Waals surface area contributed by atoms with Gasteiger partial charge in [0.05, 0.1) is 4.90 Å². The first-order valence-electron chi connectivity index (χ1n) is 7.10. The highest BCUT2D eigenvalue weighted by Crippen LogP contribution is 2.47. The molecule has 114 valence electrons. The van der Waals surface area contributed by atoms with Gasteiger partial charge in [-0.2, -0.15) is 4.31 Å². The van der Waals surface area contributed by atoms with Crippen LogP contribution < -0.4 is 11.1 Å². The second kappa shape index (κ2) is 5.40. The van der Waals surface area contributed by atoms with Gasteiger partial charge in [0, 0.05) is 32.1 Å². The third kappa shape index (κ3) is 2.81. The lowest BCUT2D eigenvalue weighted by molar-refractivity contribution is -0.119. The van der Waals surface area contributed by atoms with Crippen molar-refractivity contribution in [1.82, 2.24) is 9.62 Å². The molecule has 1 heterocycles. The highest BCUT2D eigenvalue weighted by Gasteiger charge is 2.42. The minimum absolute atomic E-state index is 0.0966. The monoisotopic (exact) mass is 309 g/mol. The fraction of sp³-hybridized carbons (Fsp3) is 0.500. The fourth-order valence-electron chi connectivity index (χ4n) is 2.80. The van der Waals surface area contributed by atoms with Crippen LogP contribution in [-0.2, 0) is 14.8 Å². The molecule has 2 fully saturated rings. The minimum Gasteiger partial charge on any atom is -0.369 e. The molecule has 0 spiro atoms. The first-order valence-corrected chi connectivity index (χ1v) is 8.54. The van der Waals surface area contributed by atoms with Gasteiger partial charge in [0.1, 0.15) is 0 Å². The van der Waals surface area contributed by atoms with E-state index in [4.69, 9.17) is 5.73 Å². The SMILES string of the molecule is NC(=O)C1CC1c1ccc(S(=O)(=O)N2CCNCC2)cc1. The molecule has 2 aliphatic rings. The summed E-state index contributed by atoms with van der Waals surface area (Å²) in [6, 6.07) is 6.84. The van der Waals surface area contributed by atoms with Gasteiger partial charge >= 0.3 is 0 Å². The van der Waals surface area contributed by atoms with Crippen LogP contribution in [0.3, 0.4) is 0 Å². The standard InChI is InChI=1S/C14H19N3O3S/c15-14(18)13-9-12(13)10-1-3-11(4-2-10)21(19,20)17-7-5-16-6-8-17/h1-4,12-13,16H,5-9H2,(H2,15,18). The Labute approximate surface area is 124 Å². The Morgan fingerprint density at radius 1 is 1.19 bits per heavy atom. The van der Waals surface area contributed by atoms with E-state index in [0.717, 1.165) is 12.0 Å². The molecule has 3 rings (SSSR count). The Balaban J connectivity index is 1.76. The molecule has 6 nitrogen and oxygen atoms in total. The number of primary amides is 1. The van der Waals surface area contributed by atoms with Gasteiger partial charge in [-0.25, -0.2) is 8.42 Å². The third-order valence-corrected chi connectivity index (χ3v) is 6.09. The normalized spacial score (nSPS) is 26.5. The van der Waals surface area contributed by atoms with E-state index in [1.807, 2.05) is 0 Å². The second-order valence-electron chi connectivity index (χ2n) is 5.57. The third-order valence-electron chi connectivity index (χ3n) is 4.18. The lowest BCUT2D eigenvalue weighted by Crippen LogP contribution is -2.46. The quantitative estimate of drug-likeness (QED) is 0.810. The van der Waals surface area contributed by atoms with Crippen LogP contribution in [0.4, 0.5) is 0 Å². The van der Waals surface area contributed by atoms with Crippen molar-refractivity contribution < 1.29 is 13.2 Å². The van der Waals surface area contributed by atoms with Crippen LogP contribution in [0.25, 0.3) is 0 Å². The molecule has 0 radical (unpaired) electrons.